The fourth-order valence-electron chi connectivity index (χ4n) is 9.74. The zero-order chi connectivity index (χ0) is 49.9. The standard InChI is InChI=1S/C55H53N9O8/c1-34(66)58-38-15-11-35(12-16-38)19-24-62-51(22-26-64-52(67)40-7-3-4-8-41(40)53(64)68)60-45-27-37(13-17-43(45)55(62)70)32-72-49-28-36(14-18-48(49)71-2)20-25-63-50(59-44-10-6-5-9-42(44)54(63)69)21-23-61-30-47-46(56-33-57-47)29-39(61)31-65/h3-18,27-28,33,39,65H,19-26,29-32H2,1-2H3,(H,56,57)(H,58,66). The number of imide groups is 1. The lowest BCUT2D eigenvalue weighted by Gasteiger charge is -2.33. The molecule has 3 aromatic heterocycles. The Kier molecular flexibility index (Phi) is 13.6. The quantitative estimate of drug-likeness (QED) is 0.0891. The zero-order valence-corrected chi connectivity index (χ0v) is 40.0. The first kappa shape index (κ1) is 47.4. The maximum absolute atomic E-state index is 14.3. The van der Waals surface area contributed by atoms with Gasteiger partial charge in [-0.2, -0.15) is 0 Å². The summed E-state index contributed by atoms with van der Waals surface area (Å²) >= 11 is 0. The number of anilines is 1. The third kappa shape index (κ3) is 9.76. The van der Waals surface area contributed by atoms with Gasteiger partial charge >= 0.3 is 0 Å². The number of aliphatic hydroxyl groups excluding tert-OH is 1. The van der Waals surface area contributed by atoms with Gasteiger partial charge in [-0.3, -0.25) is 42.9 Å². The summed E-state index contributed by atoms with van der Waals surface area (Å²) in [6.45, 7) is 3.43. The van der Waals surface area contributed by atoms with Crippen molar-refractivity contribution in [1.82, 2.24) is 38.9 Å². The highest BCUT2D eigenvalue weighted by molar-refractivity contribution is 6.21. The smallest absolute Gasteiger partial charge is 0.261 e. The Hall–Kier alpha value is -8.28. The van der Waals surface area contributed by atoms with Crippen molar-refractivity contribution in [2.75, 3.05) is 32.1 Å². The number of hydrogen-bond donors (Lipinski definition) is 3. The van der Waals surface area contributed by atoms with E-state index in [-0.39, 0.29) is 67.6 Å². The number of amides is 3. The molecule has 0 spiro atoms. The first-order valence-corrected chi connectivity index (χ1v) is 24.0. The van der Waals surface area contributed by atoms with E-state index in [9.17, 15) is 29.1 Å². The van der Waals surface area contributed by atoms with Crippen molar-refractivity contribution >= 4 is 45.2 Å². The van der Waals surface area contributed by atoms with Gasteiger partial charge in [-0.25, -0.2) is 15.0 Å². The highest BCUT2D eigenvalue weighted by atomic mass is 16.5. The number of hydrogen-bond acceptors (Lipinski definition) is 12. The first-order valence-electron chi connectivity index (χ1n) is 24.0. The molecule has 0 aliphatic carbocycles. The number of methoxy groups -OCH3 is 1. The van der Waals surface area contributed by atoms with Crippen molar-refractivity contribution in [3.05, 3.63) is 187 Å². The molecule has 0 radical (unpaired) electrons. The van der Waals surface area contributed by atoms with Crippen molar-refractivity contribution in [2.24, 2.45) is 0 Å². The number of H-pyrrole nitrogens is 1. The second-order valence-electron chi connectivity index (χ2n) is 18.1. The van der Waals surface area contributed by atoms with Crippen molar-refractivity contribution < 1.29 is 29.0 Å². The van der Waals surface area contributed by atoms with Crippen LogP contribution in [0, 0.1) is 0 Å². The number of benzene rings is 5. The molecule has 5 aromatic carbocycles. The van der Waals surface area contributed by atoms with Crippen LogP contribution in [0.15, 0.2) is 125 Å². The van der Waals surface area contributed by atoms with Gasteiger partial charge in [0.25, 0.3) is 22.9 Å². The number of aromatic nitrogens is 6. The number of para-hydroxylation sites is 1. The predicted molar refractivity (Wildman–Crippen MR) is 270 cm³/mol. The second-order valence-corrected chi connectivity index (χ2v) is 18.1. The van der Waals surface area contributed by atoms with Crippen molar-refractivity contribution in [1.29, 1.82) is 0 Å². The number of ether oxygens (including phenoxy) is 2. The Morgan fingerprint density at radius 2 is 1.35 bits per heavy atom. The summed E-state index contributed by atoms with van der Waals surface area (Å²) < 4.78 is 15.5. The number of carbonyl (C=O) groups is 3. The van der Waals surface area contributed by atoms with E-state index in [1.807, 2.05) is 72.8 Å². The van der Waals surface area contributed by atoms with Gasteiger partial charge in [-0.05, 0) is 90.2 Å². The molecule has 0 bridgehead atoms. The Balaban J connectivity index is 0.875. The summed E-state index contributed by atoms with van der Waals surface area (Å²) in [5.41, 5.74) is 6.65. The number of nitrogens with zero attached hydrogens (tertiary/aromatic N) is 7. The molecule has 2 aliphatic heterocycles. The number of aromatic amines is 1. The lowest BCUT2D eigenvalue weighted by Crippen LogP contribution is -2.44. The molecule has 8 aromatic rings. The fourth-order valence-corrected chi connectivity index (χ4v) is 9.74. The molecular formula is C55H53N9O8. The molecular weight excluding hydrogens is 915 g/mol. The molecule has 10 rings (SSSR count). The topological polar surface area (TPSA) is 207 Å². The van der Waals surface area contributed by atoms with Crippen molar-refractivity contribution in [3.8, 4) is 11.5 Å². The maximum Gasteiger partial charge on any atom is 0.261 e. The van der Waals surface area contributed by atoms with Crippen molar-refractivity contribution in [3.63, 3.8) is 0 Å². The van der Waals surface area contributed by atoms with E-state index in [0.29, 0.717) is 107 Å². The van der Waals surface area contributed by atoms with Gasteiger partial charge in [-0.1, -0.05) is 48.5 Å². The van der Waals surface area contributed by atoms with E-state index in [0.717, 1.165) is 28.1 Å². The third-order valence-corrected chi connectivity index (χ3v) is 13.6. The lowest BCUT2D eigenvalue weighted by atomic mass is 10.0. The van der Waals surface area contributed by atoms with Crippen LogP contribution in [-0.2, 0) is 63.1 Å². The minimum Gasteiger partial charge on any atom is -0.493 e. The van der Waals surface area contributed by atoms with Crippen LogP contribution in [0.5, 0.6) is 11.5 Å². The predicted octanol–water partition coefficient (Wildman–Crippen LogP) is 5.66. The highest BCUT2D eigenvalue weighted by Crippen LogP contribution is 2.30. The molecule has 5 heterocycles. The van der Waals surface area contributed by atoms with Crippen LogP contribution in [0.4, 0.5) is 5.69 Å². The monoisotopic (exact) mass is 967 g/mol. The number of aryl methyl sites for hydroxylation is 2. The molecule has 17 heteroatoms. The van der Waals surface area contributed by atoms with Gasteiger partial charge in [-0.15, -0.1) is 0 Å². The molecule has 0 saturated heterocycles. The average Bonchev–Trinajstić information content (AvgIpc) is 3.96. The molecule has 0 fully saturated rings. The van der Waals surface area contributed by atoms with E-state index in [2.05, 4.69) is 20.2 Å². The molecule has 3 amide bonds. The van der Waals surface area contributed by atoms with Gasteiger partial charge in [0.15, 0.2) is 11.5 Å². The minimum absolute atomic E-state index is 0.00342. The van der Waals surface area contributed by atoms with Crippen LogP contribution in [-0.4, -0.2) is 94.5 Å². The Morgan fingerprint density at radius 3 is 2.06 bits per heavy atom. The van der Waals surface area contributed by atoms with E-state index < -0.39 is 0 Å². The molecule has 0 saturated carbocycles. The zero-order valence-electron chi connectivity index (χ0n) is 40.0. The summed E-state index contributed by atoms with van der Waals surface area (Å²) in [5.74, 6) is 1.15. The van der Waals surface area contributed by atoms with Crippen LogP contribution >= 0.6 is 0 Å². The summed E-state index contributed by atoms with van der Waals surface area (Å²) in [5, 5.41) is 14.0. The number of aliphatic hydroxyl groups is 1. The fraction of sp³-hybridized carbons (Fsp3) is 0.273. The van der Waals surface area contributed by atoms with Gasteiger partial charge in [0, 0.05) is 70.6 Å². The van der Waals surface area contributed by atoms with Gasteiger partial charge in [0.05, 0.1) is 64.4 Å². The number of imidazole rings is 1. The molecule has 1 unspecified atom stereocenters. The Bertz CT molecular complexity index is 3460. The molecule has 72 heavy (non-hydrogen) atoms. The number of nitrogens with one attached hydrogen (secondary N) is 2. The first-order chi connectivity index (χ1) is 35.0. The number of fused-ring (bicyclic) bond motifs is 4. The van der Waals surface area contributed by atoms with E-state index >= 15 is 0 Å². The Morgan fingerprint density at radius 1 is 0.708 bits per heavy atom. The average molecular weight is 968 g/mol. The summed E-state index contributed by atoms with van der Waals surface area (Å²) in [6.07, 6.45) is 3.94. The summed E-state index contributed by atoms with van der Waals surface area (Å²) in [7, 11) is 1.57. The van der Waals surface area contributed by atoms with Crippen molar-refractivity contribution in [2.45, 2.75) is 71.3 Å². The number of carbonyl (C=O) groups excluding carboxylic acids is 3. The molecule has 2 aliphatic rings. The summed E-state index contributed by atoms with van der Waals surface area (Å²) in [6, 6.07) is 32.5. The minimum atomic E-state index is -0.386. The van der Waals surface area contributed by atoms with E-state index in [4.69, 9.17) is 19.4 Å². The largest absolute Gasteiger partial charge is 0.493 e. The number of rotatable bonds is 18. The van der Waals surface area contributed by atoms with E-state index in [1.165, 1.54) is 11.8 Å². The lowest BCUT2D eigenvalue weighted by molar-refractivity contribution is -0.114. The van der Waals surface area contributed by atoms with Crippen LogP contribution in [0.3, 0.4) is 0 Å². The Labute approximate surface area is 413 Å². The normalized spacial score (nSPS) is 14.5. The third-order valence-electron chi connectivity index (χ3n) is 13.6. The highest BCUT2D eigenvalue weighted by Gasteiger charge is 2.35. The maximum atomic E-state index is 14.3. The van der Waals surface area contributed by atoms with Gasteiger partial charge in [0.2, 0.25) is 5.91 Å². The SMILES string of the molecule is COc1ccc(CCn2c(CCN3Cc4[nH]cnc4CC3CO)nc3ccccc3c2=O)cc1OCc1ccc2c(=O)n(CCc3ccc(NC(C)=O)cc3)c(CCN3C(=O)c4ccccc4C3=O)nc2c1. The molecule has 1 atom stereocenters. The van der Waals surface area contributed by atoms with Gasteiger partial charge in [0.1, 0.15) is 18.3 Å². The summed E-state index contributed by atoms with van der Waals surface area (Å²) in [4.78, 5) is 87.7. The molecule has 17 nitrogen and oxygen atoms in total. The van der Waals surface area contributed by atoms with Crippen LogP contribution in [0.1, 0.15) is 67.4 Å². The van der Waals surface area contributed by atoms with Crippen LogP contribution in [0.25, 0.3) is 21.8 Å². The molecule has 3 N–H and O–H groups in total. The van der Waals surface area contributed by atoms with E-state index in [1.54, 1.807) is 59.0 Å². The van der Waals surface area contributed by atoms with Crippen LogP contribution in [0.2, 0.25) is 0 Å². The molecule has 366 valence electrons. The second kappa shape index (κ2) is 20.6. The van der Waals surface area contributed by atoms with Gasteiger partial charge < -0.3 is 24.9 Å². The van der Waals surface area contributed by atoms with Crippen LogP contribution < -0.4 is 25.9 Å².